The van der Waals surface area contributed by atoms with Gasteiger partial charge in [-0.05, 0) is 25.7 Å². The van der Waals surface area contributed by atoms with E-state index in [4.69, 9.17) is 4.55 Å². The Morgan fingerprint density at radius 3 is 1.64 bits per heavy atom. The van der Waals surface area contributed by atoms with Crippen molar-refractivity contribution in [2.45, 2.75) is 73.9 Å². The van der Waals surface area contributed by atoms with Gasteiger partial charge >= 0.3 is 21.3 Å². The zero-order valence-corrected chi connectivity index (χ0v) is 14.3. The van der Waals surface area contributed by atoms with Gasteiger partial charge < -0.3 is 14.9 Å². The molecule has 3 saturated carbocycles. The molecule has 7 nitrogen and oxygen atoms in total. The molecule has 0 aromatic rings. The number of esters is 1. The molecular formula is C15H22F2O7S. The van der Waals surface area contributed by atoms with Gasteiger partial charge in [0.15, 0.2) is 0 Å². The van der Waals surface area contributed by atoms with Gasteiger partial charge in [0.05, 0.1) is 11.2 Å². The summed E-state index contributed by atoms with van der Waals surface area (Å²) in [6, 6.07) is 0. The zero-order valence-electron chi connectivity index (χ0n) is 13.5. The van der Waals surface area contributed by atoms with E-state index in [0.29, 0.717) is 25.7 Å². The lowest BCUT2D eigenvalue weighted by Crippen LogP contribution is -2.40. The maximum atomic E-state index is 13.5. The van der Waals surface area contributed by atoms with E-state index in [1.165, 1.54) is 0 Å². The second kappa shape index (κ2) is 5.83. The highest BCUT2D eigenvalue weighted by Crippen LogP contribution is 2.61. The van der Waals surface area contributed by atoms with Gasteiger partial charge in [0, 0.05) is 11.8 Å². The molecule has 3 rings (SSSR count). The number of hydrogen-bond donors (Lipinski definition) is 3. The Hall–Kier alpha value is -0.840. The van der Waals surface area contributed by atoms with Crippen LogP contribution in [0.15, 0.2) is 0 Å². The van der Waals surface area contributed by atoms with Gasteiger partial charge in [0.25, 0.3) is 0 Å². The largest absolute Gasteiger partial charge is 0.465 e. The summed E-state index contributed by atoms with van der Waals surface area (Å²) < 4.78 is 61.6. The molecular weight excluding hydrogens is 362 g/mol. The predicted octanol–water partition coefficient (Wildman–Crippen LogP) is 1.24. The van der Waals surface area contributed by atoms with Crippen LogP contribution < -0.4 is 0 Å². The van der Waals surface area contributed by atoms with Gasteiger partial charge in [0.2, 0.25) is 0 Å². The van der Waals surface area contributed by atoms with Gasteiger partial charge in [-0.3, -0.25) is 4.55 Å². The third kappa shape index (κ3) is 3.07. The quantitative estimate of drug-likeness (QED) is 0.481. The molecule has 25 heavy (non-hydrogen) atoms. The minimum atomic E-state index is -5.96. The molecule has 0 heterocycles. The second-order valence-corrected chi connectivity index (χ2v) is 9.00. The zero-order chi connectivity index (χ0) is 18.7. The molecule has 0 radical (unpaired) electrons. The van der Waals surface area contributed by atoms with Crippen LogP contribution in [0.2, 0.25) is 0 Å². The van der Waals surface area contributed by atoms with Crippen LogP contribution in [0.5, 0.6) is 0 Å². The van der Waals surface area contributed by atoms with E-state index < -0.39 is 50.5 Å². The van der Waals surface area contributed by atoms with Gasteiger partial charge in [-0.15, -0.1) is 0 Å². The highest BCUT2D eigenvalue weighted by molar-refractivity contribution is 7.87. The van der Waals surface area contributed by atoms with E-state index in [1.54, 1.807) is 0 Å². The van der Waals surface area contributed by atoms with E-state index in [1.807, 2.05) is 0 Å². The lowest BCUT2D eigenvalue weighted by Gasteiger charge is -2.26. The minimum Gasteiger partial charge on any atom is -0.456 e. The van der Waals surface area contributed by atoms with Crippen molar-refractivity contribution in [2.75, 3.05) is 0 Å². The van der Waals surface area contributed by atoms with Gasteiger partial charge in [-0.2, -0.15) is 17.2 Å². The highest BCUT2D eigenvalue weighted by Gasteiger charge is 2.71. The number of carbonyl (C=O) groups excluding carboxylic acids is 1. The summed E-state index contributed by atoms with van der Waals surface area (Å²) in [6.07, 6.45) is 3.39. The van der Waals surface area contributed by atoms with Crippen molar-refractivity contribution < 1.29 is 41.5 Å². The minimum absolute atomic E-state index is 0.410. The van der Waals surface area contributed by atoms with Gasteiger partial charge in [-0.25, -0.2) is 4.79 Å². The van der Waals surface area contributed by atoms with E-state index in [-0.39, 0.29) is 0 Å². The molecule has 3 fully saturated rings. The third-order valence-corrected chi connectivity index (χ3v) is 6.75. The molecule has 0 aromatic heterocycles. The number of alkyl halides is 2. The van der Waals surface area contributed by atoms with E-state index in [9.17, 15) is 32.2 Å². The summed E-state index contributed by atoms with van der Waals surface area (Å²) in [7, 11) is -5.96. The molecule has 0 spiro atoms. The maximum absolute atomic E-state index is 13.5. The van der Waals surface area contributed by atoms with E-state index in [2.05, 4.69) is 4.74 Å². The fourth-order valence-corrected chi connectivity index (χ4v) is 4.91. The number of rotatable bonds is 5. The normalized spacial score (nSPS) is 34.0. The first-order valence-electron chi connectivity index (χ1n) is 8.43. The summed E-state index contributed by atoms with van der Waals surface area (Å²) >= 11 is 0. The SMILES string of the molecule is O=C(OC1C(C2(O)CCCC2)C1C1(O)CCCC1)C(F)(F)S(=O)(=O)O. The van der Waals surface area contributed by atoms with Crippen molar-refractivity contribution in [2.24, 2.45) is 11.8 Å². The number of aliphatic hydroxyl groups is 2. The van der Waals surface area contributed by atoms with Crippen molar-refractivity contribution in [3.8, 4) is 0 Å². The van der Waals surface area contributed by atoms with Crippen molar-refractivity contribution in [3.05, 3.63) is 0 Å². The van der Waals surface area contributed by atoms with E-state index in [0.717, 1.165) is 25.7 Å². The van der Waals surface area contributed by atoms with Gasteiger partial charge in [-0.1, -0.05) is 25.7 Å². The maximum Gasteiger partial charge on any atom is 0.465 e. The molecule has 10 heteroatoms. The standard InChI is InChI=1S/C15H22F2O7S/c16-15(17,25(21,22)23)12(18)24-11-9(13(19)5-1-2-6-13)10(11)14(20)7-3-4-8-14/h9-11,19-20H,1-8H2,(H,21,22,23). The molecule has 0 amide bonds. The fourth-order valence-electron chi connectivity index (χ4n) is 4.65. The Balaban J connectivity index is 1.82. The summed E-state index contributed by atoms with van der Waals surface area (Å²) in [5.74, 6) is -3.80. The highest BCUT2D eigenvalue weighted by atomic mass is 32.2. The molecule has 3 N–H and O–H groups in total. The van der Waals surface area contributed by atoms with Crippen LogP contribution in [0.3, 0.4) is 0 Å². The Bertz CT molecular complexity index is 623. The third-order valence-electron chi connectivity index (χ3n) is 5.94. The lowest BCUT2D eigenvalue weighted by molar-refractivity contribution is -0.165. The topological polar surface area (TPSA) is 121 Å². The second-order valence-electron chi connectivity index (χ2n) is 7.53. The number of hydrogen-bond acceptors (Lipinski definition) is 6. The monoisotopic (exact) mass is 384 g/mol. The summed E-state index contributed by atoms with van der Waals surface area (Å²) in [5.41, 5.74) is -2.44. The number of ether oxygens (including phenoxy) is 1. The summed E-state index contributed by atoms with van der Waals surface area (Å²) in [4.78, 5) is 11.6. The fraction of sp³-hybridized carbons (Fsp3) is 0.933. The first-order valence-corrected chi connectivity index (χ1v) is 9.87. The van der Waals surface area contributed by atoms with Crippen LogP contribution in [0.25, 0.3) is 0 Å². The molecule has 3 aliphatic rings. The first kappa shape index (κ1) is 18.9. The Morgan fingerprint density at radius 1 is 0.960 bits per heavy atom. The van der Waals surface area contributed by atoms with Crippen molar-refractivity contribution in [1.29, 1.82) is 0 Å². The van der Waals surface area contributed by atoms with Crippen molar-refractivity contribution >= 4 is 16.1 Å². The van der Waals surface area contributed by atoms with E-state index >= 15 is 0 Å². The van der Waals surface area contributed by atoms with Crippen LogP contribution in [-0.4, -0.2) is 51.7 Å². The summed E-state index contributed by atoms with van der Waals surface area (Å²) in [5, 5.41) is 16.4. The van der Waals surface area contributed by atoms with Crippen LogP contribution in [-0.2, 0) is 19.6 Å². The van der Waals surface area contributed by atoms with Crippen LogP contribution >= 0.6 is 0 Å². The van der Waals surface area contributed by atoms with Crippen LogP contribution in [0, 0.1) is 11.8 Å². The van der Waals surface area contributed by atoms with Crippen LogP contribution in [0.1, 0.15) is 51.4 Å². The average molecular weight is 384 g/mol. The molecule has 2 unspecified atom stereocenters. The molecule has 0 bridgehead atoms. The van der Waals surface area contributed by atoms with Crippen LogP contribution in [0.4, 0.5) is 8.78 Å². The first-order chi connectivity index (χ1) is 11.4. The molecule has 0 saturated heterocycles. The Labute approximate surface area is 144 Å². The predicted molar refractivity (Wildman–Crippen MR) is 80.2 cm³/mol. The van der Waals surface area contributed by atoms with Gasteiger partial charge in [0.1, 0.15) is 6.10 Å². The van der Waals surface area contributed by atoms with Crippen molar-refractivity contribution in [1.82, 2.24) is 0 Å². The summed E-state index contributed by atoms with van der Waals surface area (Å²) in [6.45, 7) is 0. The number of carbonyl (C=O) groups is 1. The average Bonchev–Trinajstić information content (AvgIpc) is 2.83. The van der Waals surface area contributed by atoms with Crippen molar-refractivity contribution in [3.63, 3.8) is 0 Å². The Kier molecular flexibility index (Phi) is 4.42. The smallest absolute Gasteiger partial charge is 0.456 e. The molecule has 0 aromatic carbocycles. The Morgan fingerprint density at radius 2 is 1.32 bits per heavy atom. The lowest BCUT2D eigenvalue weighted by atomic mass is 9.87. The molecule has 2 atom stereocenters. The molecule has 0 aliphatic heterocycles. The number of halogens is 2. The molecule has 3 aliphatic carbocycles. The molecule has 144 valence electrons.